The highest BCUT2D eigenvalue weighted by Crippen LogP contribution is 2.33. The first-order valence-electron chi connectivity index (χ1n) is 7.26. The number of aliphatic hydroxyl groups excluding tert-OH is 1. The van der Waals surface area contributed by atoms with Crippen molar-refractivity contribution in [2.75, 3.05) is 18.5 Å². The second-order valence-corrected chi connectivity index (χ2v) is 5.32. The molecule has 0 bridgehead atoms. The normalized spacial score (nSPS) is 18.0. The Hall–Kier alpha value is -1.29. The summed E-state index contributed by atoms with van der Waals surface area (Å²) in [6.45, 7) is 2.92. The molecular weight excluding hydrogens is 240 g/mol. The van der Waals surface area contributed by atoms with Crippen molar-refractivity contribution in [3.8, 4) is 5.75 Å². The van der Waals surface area contributed by atoms with Gasteiger partial charge < -0.3 is 15.2 Å². The second-order valence-electron chi connectivity index (χ2n) is 5.32. The highest BCUT2D eigenvalue weighted by molar-refractivity contribution is 5.51. The van der Waals surface area contributed by atoms with Crippen molar-refractivity contribution in [2.24, 2.45) is 0 Å². The van der Waals surface area contributed by atoms with Crippen molar-refractivity contribution in [1.29, 1.82) is 0 Å². The standard InChI is InChI=1S/C15H24N2O2/c1-2-11-19-13-7-6-10-16-14(13)17-15(12-18)8-4-3-5-9-15/h6-7,10,18H,2-5,8-9,11-12H2,1H3,(H,16,17). The number of aromatic nitrogens is 1. The van der Waals surface area contributed by atoms with Gasteiger partial charge in [-0.2, -0.15) is 0 Å². The van der Waals surface area contributed by atoms with Crippen LogP contribution in [0.5, 0.6) is 5.75 Å². The van der Waals surface area contributed by atoms with Crippen molar-refractivity contribution in [1.82, 2.24) is 4.98 Å². The number of aliphatic hydroxyl groups is 1. The Bertz CT molecular complexity index is 389. The van der Waals surface area contributed by atoms with E-state index >= 15 is 0 Å². The van der Waals surface area contributed by atoms with Gasteiger partial charge in [-0.05, 0) is 31.4 Å². The van der Waals surface area contributed by atoms with Crippen LogP contribution in [-0.4, -0.2) is 28.8 Å². The van der Waals surface area contributed by atoms with Gasteiger partial charge in [-0.15, -0.1) is 0 Å². The Morgan fingerprint density at radius 2 is 2.16 bits per heavy atom. The molecule has 1 aliphatic rings. The number of ether oxygens (including phenoxy) is 1. The van der Waals surface area contributed by atoms with Gasteiger partial charge in [-0.1, -0.05) is 26.2 Å². The molecule has 0 radical (unpaired) electrons. The predicted octanol–water partition coefficient (Wildman–Crippen LogP) is 2.98. The van der Waals surface area contributed by atoms with E-state index in [4.69, 9.17) is 4.74 Å². The molecule has 0 spiro atoms. The van der Waals surface area contributed by atoms with E-state index in [9.17, 15) is 5.11 Å². The Morgan fingerprint density at radius 3 is 2.84 bits per heavy atom. The van der Waals surface area contributed by atoms with Crippen LogP contribution >= 0.6 is 0 Å². The molecule has 0 amide bonds. The van der Waals surface area contributed by atoms with E-state index in [1.807, 2.05) is 12.1 Å². The molecule has 1 aromatic heterocycles. The molecule has 1 fully saturated rings. The third kappa shape index (κ3) is 3.60. The Balaban J connectivity index is 2.12. The van der Waals surface area contributed by atoms with E-state index in [0.717, 1.165) is 43.7 Å². The van der Waals surface area contributed by atoms with Crippen LogP contribution in [0.25, 0.3) is 0 Å². The zero-order chi connectivity index (χ0) is 13.6. The van der Waals surface area contributed by atoms with Gasteiger partial charge in [0.25, 0.3) is 0 Å². The maximum Gasteiger partial charge on any atom is 0.169 e. The summed E-state index contributed by atoms with van der Waals surface area (Å²) >= 11 is 0. The van der Waals surface area contributed by atoms with Gasteiger partial charge in [0, 0.05) is 6.20 Å². The van der Waals surface area contributed by atoms with Gasteiger partial charge >= 0.3 is 0 Å². The average Bonchev–Trinajstić information content (AvgIpc) is 2.47. The molecule has 0 aliphatic heterocycles. The minimum atomic E-state index is -0.225. The third-order valence-corrected chi connectivity index (χ3v) is 3.73. The number of nitrogens with one attached hydrogen (secondary N) is 1. The van der Waals surface area contributed by atoms with Crippen molar-refractivity contribution in [3.63, 3.8) is 0 Å². The van der Waals surface area contributed by atoms with Crippen molar-refractivity contribution in [2.45, 2.75) is 51.0 Å². The lowest BCUT2D eigenvalue weighted by molar-refractivity contribution is 0.172. The zero-order valence-corrected chi connectivity index (χ0v) is 11.7. The van der Waals surface area contributed by atoms with Crippen molar-refractivity contribution in [3.05, 3.63) is 18.3 Å². The molecule has 1 aromatic rings. The van der Waals surface area contributed by atoms with E-state index in [0.29, 0.717) is 6.61 Å². The fourth-order valence-corrected chi connectivity index (χ4v) is 2.62. The van der Waals surface area contributed by atoms with E-state index in [2.05, 4.69) is 17.2 Å². The third-order valence-electron chi connectivity index (χ3n) is 3.73. The Labute approximate surface area is 115 Å². The van der Waals surface area contributed by atoms with E-state index in [1.165, 1.54) is 6.42 Å². The number of anilines is 1. The highest BCUT2D eigenvalue weighted by atomic mass is 16.5. The molecular formula is C15H24N2O2. The van der Waals surface area contributed by atoms with Gasteiger partial charge in [0.15, 0.2) is 11.6 Å². The summed E-state index contributed by atoms with van der Waals surface area (Å²) in [6.07, 6.45) is 8.29. The molecule has 4 heteroatoms. The zero-order valence-electron chi connectivity index (χ0n) is 11.7. The van der Waals surface area contributed by atoms with Crippen LogP contribution < -0.4 is 10.1 Å². The SMILES string of the molecule is CCCOc1cccnc1NC1(CO)CCCCC1. The van der Waals surface area contributed by atoms with E-state index in [1.54, 1.807) is 6.20 Å². The lowest BCUT2D eigenvalue weighted by Gasteiger charge is -2.37. The number of hydrogen-bond donors (Lipinski definition) is 2. The fraction of sp³-hybridized carbons (Fsp3) is 0.667. The minimum Gasteiger partial charge on any atom is -0.490 e. The second kappa shape index (κ2) is 6.75. The first-order valence-corrected chi connectivity index (χ1v) is 7.26. The van der Waals surface area contributed by atoms with Crippen LogP contribution in [0.15, 0.2) is 18.3 Å². The Morgan fingerprint density at radius 1 is 1.37 bits per heavy atom. The molecule has 2 rings (SSSR count). The molecule has 0 saturated heterocycles. The largest absolute Gasteiger partial charge is 0.490 e. The molecule has 0 aromatic carbocycles. The topological polar surface area (TPSA) is 54.4 Å². The monoisotopic (exact) mass is 264 g/mol. The predicted molar refractivity (Wildman–Crippen MR) is 76.5 cm³/mol. The summed E-state index contributed by atoms with van der Waals surface area (Å²) in [5.41, 5.74) is -0.225. The molecule has 106 valence electrons. The molecule has 1 heterocycles. The van der Waals surface area contributed by atoms with Gasteiger partial charge in [-0.25, -0.2) is 4.98 Å². The molecule has 1 aliphatic carbocycles. The van der Waals surface area contributed by atoms with Crippen LogP contribution in [0, 0.1) is 0 Å². The van der Waals surface area contributed by atoms with Crippen LogP contribution in [0.1, 0.15) is 45.4 Å². The summed E-state index contributed by atoms with van der Waals surface area (Å²) in [4.78, 5) is 4.37. The van der Waals surface area contributed by atoms with Crippen LogP contribution in [-0.2, 0) is 0 Å². The van der Waals surface area contributed by atoms with Crippen molar-refractivity contribution < 1.29 is 9.84 Å². The van der Waals surface area contributed by atoms with Gasteiger partial charge in [0.2, 0.25) is 0 Å². The smallest absolute Gasteiger partial charge is 0.169 e. The maximum atomic E-state index is 9.74. The number of hydrogen-bond acceptors (Lipinski definition) is 4. The number of rotatable bonds is 6. The minimum absolute atomic E-state index is 0.150. The first kappa shape index (κ1) is 14.1. The van der Waals surface area contributed by atoms with Gasteiger partial charge in [-0.3, -0.25) is 0 Å². The van der Waals surface area contributed by atoms with E-state index in [-0.39, 0.29) is 12.1 Å². The van der Waals surface area contributed by atoms with Crippen LogP contribution in [0.3, 0.4) is 0 Å². The highest BCUT2D eigenvalue weighted by Gasteiger charge is 2.32. The molecule has 0 unspecified atom stereocenters. The fourth-order valence-electron chi connectivity index (χ4n) is 2.62. The maximum absolute atomic E-state index is 9.74. The summed E-state index contributed by atoms with van der Waals surface area (Å²) < 4.78 is 5.71. The Kier molecular flexibility index (Phi) is 5.02. The summed E-state index contributed by atoms with van der Waals surface area (Å²) in [7, 11) is 0. The van der Waals surface area contributed by atoms with E-state index < -0.39 is 0 Å². The first-order chi connectivity index (χ1) is 9.29. The summed E-state index contributed by atoms with van der Waals surface area (Å²) in [5.74, 6) is 1.54. The molecule has 4 nitrogen and oxygen atoms in total. The quantitative estimate of drug-likeness (QED) is 0.829. The number of pyridine rings is 1. The summed E-state index contributed by atoms with van der Waals surface area (Å²) in [5, 5.41) is 13.2. The van der Waals surface area contributed by atoms with Crippen molar-refractivity contribution >= 4 is 5.82 Å². The lowest BCUT2D eigenvalue weighted by atomic mass is 9.82. The molecule has 1 saturated carbocycles. The molecule has 0 atom stereocenters. The summed E-state index contributed by atoms with van der Waals surface area (Å²) in [6, 6.07) is 3.81. The average molecular weight is 264 g/mol. The van der Waals surface area contributed by atoms with Crippen LogP contribution in [0.2, 0.25) is 0 Å². The van der Waals surface area contributed by atoms with Gasteiger partial charge in [0.1, 0.15) is 0 Å². The number of nitrogens with zero attached hydrogens (tertiary/aromatic N) is 1. The molecule has 2 N–H and O–H groups in total. The van der Waals surface area contributed by atoms with Gasteiger partial charge in [0.05, 0.1) is 18.8 Å². The molecule has 19 heavy (non-hydrogen) atoms. The lowest BCUT2D eigenvalue weighted by Crippen LogP contribution is -2.44. The van der Waals surface area contributed by atoms with Crippen LogP contribution in [0.4, 0.5) is 5.82 Å².